The number of nitrogens with one attached hydrogen (secondary N) is 1. The first-order valence-electron chi connectivity index (χ1n) is 9.45. The van der Waals surface area contributed by atoms with Crippen molar-refractivity contribution in [3.05, 3.63) is 63.6 Å². The number of anilines is 1. The number of aromatic nitrogens is 2. The minimum atomic E-state index is -4.71. The zero-order chi connectivity index (χ0) is 22.9. The zero-order valence-corrected chi connectivity index (χ0v) is 18.3. The number of benzene rings is 1. The molecule has 32 heavy (non-hydrogen) atoms. The number of carbonyl (C=O) groups excluding carboxylic acids is 2. The summed E-state index contributed by atoms with van der Waals surface area (Å²) in [5.74, 6) is -2.99. The van der Waals surface area contributed by atoms with Crippen LogP contribution in [0.25, 0.3) is 0 Å². The molecular weight excluding hydrogens is 465 g/mol. The van der Waals surface area contributed by atoms with Gasteiger partial charge in [-0.05, 0) is 23.1 Å². The van der Waals surface area contributed by atoms with Crippen LogP contribution in [0.3, 0.4) is 0 Å². The Morgan fingerprint density at radius 3 is 2.69 bits per heavy atom. The molecule has 1 aromatic carbocycles. The molecule has 3 aromatic rings. The van der Waals surface area contributed by atoms with Crippen LogP contribution in [0.4, 0.5) is 18.3 Å². The van der Waals surface area contributed by atoms with Gasteiger partial charge in [0.25, 0.3) is 5.91 Å². The summed E-state index contributed by atoms with van der Waals surface area (Å²) >= 11 is 1.84. The number of alkyl halides is 3. The Bertz CT molecular complexity index is 1120. The lowest BCUT2D eigenvalue weighted by Gasteiger charge is -2.41. The minimum absolute atomic E-state index is 0.240. The Kier molecular flexibility index (Phi) is 6.26. The smallest absolute Gasteiger partial charge is 0.383 e. The maximum absolute atomic E-state index is 13.4. The third-order valence-electron chi connectivity index (χ3n) is 5.00. The van der Waals surface area contributed by atoms with Crippen molar-refractivity contribution in [2.75, 3.05) is 25.6 Å². The molecule has 1 N–H and O–H groups in total. The zero-order valence-electron chi connectivity index (χ0n) is 16.6. The van der Waals surface area contributed by atoms with E-state index in [4.69, 9.17) is 4.74 Å². The van der Waals surface area contributed by atoms with E-state index < -0.39 is 29.9 Å². The van der Waals surface area contributed by atoms with E-state index in [0.29, 0.717) is 22.7 Å². The van der Waals surface area contributed by atoms with Crippen molar-refractivity contribution in [1.29, 1.82) is 0 Å². The van der Waals surface area contributed by atoms with Gasteiger partial charge in [-0.2, -0.15) is 22.5 Å². The highest BCUT2D eigenvalue weighted by atomic mass is 32.1. The molecule has 7 nitrogen and oxygen atoms in total. The van der Waals surface area contributed by atoms with Crippen molar-refractivity contribution in [2.24, 2.45) is 0 Å². The van der Waals surface area contributed by atoms with Crippen molar-refractivity contribution >= 4 is 39.8 Å². The normalized spacial score (nSPS) is 18.5. The van der Waals surface area contributed by atoms with Crippen molar-refractivity contribution in [1.82, 2.24) is 14.3 Å². The molecule has 1 aliphatic heterocycles. The second-order valence-corrected chi connectivity index (χ2v) is 8.66. The van der Waals surface area contributed by atoms with E-state index in [1.165, 1.54) is 18.4 Å². The summed E-state index contributed by atoms with van der Waals surface area (Å²) < 4.78 is 47.0. The molecule has 0 aliphatic carbocycles. The van der Waals surface area contributed by atoms with E-state index in [9.17, 15) is 22.8 Å². The van der Waals surface area contributed by atoms with Crippen molar-refractivity contribution in [3.8, 4) is 0 Å². The number of hydrogen-bond donors (Lipinski definition) is 1. The van der Waals surface area contributed by atoms with E-state index in [0.717, 1.165) is 4.88 Å². The maximum atomic E-state index is 13.4. The molecule has 3 heterocycles. The van der Waals surface area contributed by atoms with Gasteiger partial charge in [-0.15, -0.1) is 11.3 Å². The van der Waals surface area contributed by atoms with Gasteiger partial charge in [-0.3, -0.25) is 9.59 Å². The van der Waals surface area contributed by atoms with Gasteiger partial charge >= 0.3 is 6.18 Å². The molecule has 0 spiro atoms. The van der Waals surface area contributed by atoms with Gasteiger partial charge in [-0.1, -0.05) is 24.3 Å². The molecule has 0 saturated heterocycles. The maximum Gasteiger partial charge on any atom is 0.452 e. The molecule has 4 rings (SSSR count). The van der Waals surface area contributed by atoms with Crippen LogP contribution in [0, 0.1) is 0 Å². The Balaban J connectivity index is 1.75. The number of fused-ring (bicyclic) bond motifs is 1. The number of nitrogens with zero attached hydrogens (tertiary/aromatic N) is 3. The molecule has 0 bridgehead atoms. The highest BCUT2D eigenvalue weighted by molar-refractivity contribution is 7.10. The number of amides is 2. The van der Waals surface area contributed by atoms with Crippen LogP contribution >= 0.6 is 22.9 Å². The largest absolute Gasteiger partial charge is 0.452 e. The van der Waals surface area contributed by atoms with E-state index >= 15 is 0 Å². The third kappa shape index (κ3) is 4.25. The summed E-state index contributed by atoms with van der Waals surface area (Å²) in [6, 6.07) is 9.73. The molecule has 0 fully saturated rings. The topological polar surface area (TPSA) is 84.4 Å². The highest BCUT2D eigenvalue weighted by Gasteiger charge is 2.45. The predicted octanol–water partition coefficient (Wildman–Crippen LogP) is 4.18. The fourth-order valence-corrected chi connectivity index (χ4v) is 5.12. The number of halogens is 3. The summed E-state index contributed by atoms with van der Waals surface area (Å²) in [5.41, 5.74) is 0.868. The molecule has 0 saturated carbocycles. The average Bonchev–Trinajstić information content (AvgIpc) is 3.45. The molecule has 1 aliphatic rings. The number of carbonyl (C=O) groups is 2. The van der Waals surface area contributed by atoms with Gasteiger partial charge < -0.3 is 15.0 Å². The predicted molar refractivity (Wildman–Crippen MR) is 113 cm³/mol. The van der Waals surface area contributed by atoms with Crippen molar-refractivity contribution in [2.45, 2.75) is 18.1 Å². The summed E-state index contributed by atoms with van der Waals surface area (Å²) in [5, 5.41) is 4.05. The Labute approximate surface area is 189 Å². The molecule has 2 aromatic heterocycles. The molecular formula is C20H17F3N4O3S2. The summed E-state index contributed by atoms with van der Waals surface area (Å²) in [4.78, 5) is 32.4. The fraction of sp³-hybridized carbons (Fsp3) is 0.300. The molecule has 168 valence electrons. The molecule has 0 radical (unpaired) electrons. The van der Waals surface area contributed by atoms with E-state index in [1.54, 1.807) is 29.2 Å². The number of hydrogen-bond acceptors (Lipinski definition) is 7. The summed E-state index contributed by atoms with van der Waals surface area (Å²) in [6.45, 7) is 0.502. The van der Waals surface area contributed by atoms with Gasteiger partial charge in [0.05, 0.1) is 18.6 Å². The average molecular weight is 483 g/mol. The summed E-state index contributed by atoms with van der Waals surface area (Å²) in [7, 11) is 1.51. The van der Waals surface area contributed by atoms with E-state index in [2.05, 4.69) is 14.7 Å². The van der Waals surface area contributed by atoms with Crippen LogP contribution < -0.4 is 5.32 Å². The lowest BCUT2D eigenvalue weighted by Crippen LogP contribution is -2.47. The monoisotopic (exact) mass is 482 g/mol. The number of rotatable bonds is 6. The second-order valence-electron chi connectivity index (χ2n) is 6.93. The first-order chi connectivity index (χ1) is 15.3. The lowest BCUT2D eigenvalue weighted by atomic mass is 9.81. The van der Waals surface area contributed by atoms with Crippen LogP contribution in [0.2, 0.25) is 0 Å². The Morgan fingerprint density at radius 1 is 1.25 bits per heavy atom. The summed E-state index contributed by atoms with van der Waals surface area (Å²) in [6.07, 6.45) is -4.71. The SMILES string of the molecule is COCCN1C(=O)c2ccccc2C(C(=O)Nc2nc(C(F)(F)F)ns2)C1c1cccs1. The fourth-order valence-electron chi connectivity index (χ4n) is 3.66. The van der Waals surface area contributed by atoms with Gasteiger partial charge in [0.2, 0.25) is 16.9 Å². The molecule has 2 unspecified atom stereocenters. The number of ether oxygens (including phenoxy) is 1. The van der Waals surface area contributed by atoms with Crippen LogP contribution in [0.1, 0.15) is 38.6 Å². The van der Waals surface area contributed by atoms with Crippen LogP contribution in [0.15, 0.2) is 41.8 Å². The number of methoxy groups -OCH3 is 1. The third-order valence-corrected chi connectivity index (χ3v) is 6.58. The molecule has 2 amide bonds. The van der Waals surface area contributed by atoms with Crippen LogP contribution in [-0.2, 0) is 15.7 Å². The van der Waals surface area contributed by atoms with Gasteiger partial charge in [-0.25, -0.2) is 0 Å². The van der Waals surface area contributed by atoms with Crippen LogP contribution in [0.5, 0.6) is 0 Å². The molecule has 12 heteroatoms. The highest BCUT2D eigenvalue weighted by Crippen LogP contribution is 2.44. The van der Waals surface area contributed by atoms with Gasteiger partial charge in [0.15, 0.2) is 0 Å². The van der Waals surface area contributed by atoms with E-state index in [1.807, 2.05) is 17.5 Å². The Morgan fingerprint density at radius 2 is 2.03 bits per heavy atom. The molecule has 2 atom stereocenters. The van der Waals surface area contributed by atoms with Crippen molar-refractivity contribution in [3.63, 3.8) is 0 Å². The minimum Gasteiger partial charge on any atom is -0.383 e. The van der Waals surface area contributed by atoms with Crippen molar-refractivity contribution < 1.29 is 27.5 Å². The van der Waals surface area contributed by atoms with Gasteiger partial charge in [0, 0.05) is 35.6 Å². The van der Waals surface area contributed by atoms with E-state index in [-0.39, 0.29) is 24.2 Å². The second kappa shape index (κ2) is 8.96. The quantitative estimate of drug-likeness (QED) is 0.570. The first kappa shape index (κ1) is 22.4. The van der Waals surface area contributed by atoms with Gasteiger partial charge in [0.1, 0.15) is 0 Å². The lowest BCUT2D eigenvalue weighted by molar-refractivity contribution is -0.144. The van der Waals surface area contributed by atoms with Crippen LogP contribution in [-0.4, -0.2) is 46.3 Å². The Hall–Kier alpha value is -2.83. The standard InChI is InChI=1S/C20H17F3N4O3S2/c1-30-9-8-27-15(13-7-4-10-31-13)14(11-5-2-3-6-12(11)17(27)29)16(28)24-19-25-18(26-32-19)20(21,22)23/h2-7,10,14-15H,8-9H2,1H3,(H,24,25,26,28). The first-order valence-corrected chi connectivity index (χ1v) is 11.1. The number of thiophene rings is 1.